The third-order valence-corrected chi connectivity index (χ3v) is 5.49. The van der Waals surface area contributed by atoms with Crippen LogP contribution in [0.3, 0.4) is 0 Å². The summed E-state index contributed by atoms with van der Waals surface area (Å²) in [5.74, 6) is 0.766. The minimum absolute atomic E-state index is 0.611. The number of para-hydroxylation sites is 2. The maximum Gasteiger partial charge on any atom is 0.206 e. The lowest BCUT2D eigenvalue weighted by molar-refractivity contribution is 0.992. The zero-order valence-corrected chi connectivity index (χ0v) is 13.7. The Labute approximate surface area is 136 Å². The van der Waals surface area contributed by atoms with Crippen LogP contribution in [0.1, 0.15) is 24.2 Å². The Bertz CT molecular complexity index is 813. The van der Waals surface area contributed by atoms with E-state index in [0.29, 0.717) is 6.04 Å². The third-order valence-electron chi connectivity index (χ3n) is 3.49. The van der Waals surface area contributed by atoms with Crippen LogP contribution in [0.25, 0.3) is 11.0 Å². The molecule has 0 bridgehead atoms. The van der Waals surface area contributed by atoms with E-state index >= 15 is 0 Å². The van der Waals surface area contributed by atoms with Gasteiger partial charge in [-0.25, -0.2) is 9.97 Å². The summed E-state index contributed by atoms with van der Waals surface area (Å²) < 4.78 is 0.970. The first kappa shape index (κ1) is 13.9. The Kier molecular flexibility index (Phi) is 3.67. The van der Waals surface area contributed by atoms with Gasteiger partial charge in [-0.15, -0.1) is 10.2 Å². The highest BCUT2D eigenvalue weighted by atomic mass is 32.2. The first-order chi connectivity index (χ1) is 10.8. The second-order valence-electron chi connectivity index (χ2n) is 5.32. The van der Waals surface area contributed by atoms with Crippen molar-refractivity contribution in [2.24, 2.45) is 0 Å². The summed E-state index contributed by atoms with van der Waals surface area (Å²) in [6.45, 7) is 2.01. The summed E-state index contributed by atoms with van der Waals surface area (Å²) in [5, 5.41) is 12.7. The van der Waals surface area contributed by atoms with Crippen LogP contribution < -0.4 is 5.32 Å². The summed E-state index contributed by atoms with van der Waals surface area (Å²) in [5.41, 5.74) is 3.88. The highest BCUT2D eigenvalue weighted by molar-refractivity contribution is 8.00. The highest BCUT2D eigenvalue weighted by Gasteiger charge is 2.22. The van der Waals surface area contributed by atoms with Gasteiger partial charge in [0.2, 0.25) is 5.13 Å². The number of thioether (sulfide) groups is 1. The van der Waals surface area contributed by atoms with E-state index in [1.54, 1.807) is 23.1 Å². The minimum atomic E-state index is 0.611. The molecule has 5 nitrogen and oxygen atoms in total. The van der Waals surface area contributed by atoms with Gasteiger partial charge in [0, 0.05) is 11.8 Å². The van der Waals surface area contributed by atoms with Crippen molar-refractivity contribution in [1.29, 1.82) is 0 Å². The molecule has 7 heteroatoms. The quantitative estimate of drug-likeness (QED) is 0.721. The fourth-order valence-corrected chi connectivity index (χ4v) is 3.96. The van der Waals surface area contributed by atoms with Gasteiger partial charge in [0.05, 0.1) is 22.4 Å². The predicted octanol–water partition coefficient (Wildman–Crippen LogP) is 3.66. The van der Waals surface area contributed by atoms with E-state index in [0.717, 1.165) is 37.6 Å². The molecule has 0 spiro atoms. The SMILES string of the molecule is Cc1nc2ccccc2nc1CSc1nnc(NC2CC2)s1. The van der Waals surface area contributed by atoms with Crippen molar-refractivity contribution in [1.82, 2.24) is 20.2 Å². The first-order valence-electron chi connectivity index (χ1n) is 7.23. The molecule has 112 valence electrons. The smallest absolute Gasteiger partial charge is 0.206 e. The number of nitrogens with zero attached hydrogens (tertiary/aromatic N) is 4. The van der Waals surface area contributed by atoms with Crippen molar-refractivity contribution in [3.05, 3.63) is 35.7 Å². The number of benzene rings is 1. The van der Waals surface area contributed by atoms with Gasteiger partial charge < -0.3 is 5.32 Å². The average molecular weight is 329 g/mol. The van der Waals surface area contributed by atoms with Crippen LogP contribution in [0.2, 0.25) is 0 Å². The largest absolute Gasteiger partial charge is 0.357 e. The molecule has 0 unspecified atom stereocenters. The molecule has 22 heavy (non-hydrogen) atoms. The van der Waals surface area contributed by atoms with E-state index < -0.39 is 0 Å². The van der Waals surface area contributed by atoms with Gasteiger partial charge >= 0.3 is 0 Å². The summed E-state index contributed by atoms with van der Waals surface area (Å²) >= 11 is 3.28. The molecular formula is C15H15N5S2. The molecule has 4 rings (SSSR count). The number of hydrogen-bond acceptors (Lipinski definition) is 7. The number of hydrogen-bond donors (Lipinski definition) is 1. The number of fused-ring (bicyclic) bond motifs is 1. The maximum atomic E-state index is 4.71. The molecule has 1 aliphatic carbocycles. The summed E-state index contributed by atoms with van der Waals surface area (Å²) in [4.78, 5) is 9.33. The van der Waals surface area contributed by atoms with Gasteiger partial charge in [-0.3, -0.25) is 0 Å². The molecule has 0 saturated heterocycles. The molecule has 1 fully saturated rings. The normalized spacial score (nSPS) is 14.4. The van der Waals surface area contributed by atoms with E-state index in [9.17, 15) is 0 Å². The fraction of sp³-hybridized carbons (Fsp3) is 0.333. The van der Waals surface area contributed by atoms with Gasteiger partial charge in [-0.05, 0) is 31.9 Å². The monoisotopic (exact) mass is 329 g/mol. The van der Waals surface area contributed by atoms with Gasteiger partial charge in [0.15, 0.2) is 4.34 Å². The fourth-order valence-electron chi connectivity index (χ4n) is 2.12. The molecule has 3 aromatic rings. The molecule has 1 aromatic carbocycles. The van der Waals surface area contributed by atoms with Crippen molar-refractivity contribution >= 4 is 39.3 Å². The van der Waals surface area contributed by atoms with E-state index in [1.807, 2.05) is 31.2 Å². The van der Waals surface area contributed by atoms with Crippen molar-refractivity contribution in [3.8, 4) is 0 Å². The Morgan fingerprint density at radius 2 is 1.95 bits per heavy atom. The second kappa shape index (κ2) is 5.81. The van der Waals surface area contributed by atoms with Gasteiger partial charge in [0.1, 0.15) is 0 Å². The molecule has 0 atom stereocenters. The summed E-state index contributed by atoms with van der Waals surface area (Å²) in [6.07, 6.45) is 2.49. The van der Waals surface area contributed by atoms with Gasteiger partial charge in [0.25, 0.3) is 0 Å². The zero-order valence-electron chi connectivity index (χ0n) is 12.1. The van der Waals surface area contributed by atoms with E-state index in [2.05, 4.69) is 20.5 Å². The average Bonchev–Trinajstić information content (AvgIpc) is 3.22. The van der Waals surface area contributed by atoms with Gasteiger partial charge in [-0.1, -0.05) is 35.2 Å². The van der Waals surface area contributed by atoms with Crippen molar-refractivity contribution in [2.75, 3.05) is 5.32 Å². The van der Waals surface area contributed by atoms with Crippen molar-refractivity contribution < 1.29 is 0 Å². The van der Waals surface area contributed by atoms with Crippen LogP contribution in [0.5, 0.6) is 0 Å². The molecule has 2 aromatic heterocycles. The van der Waals surface area contributed by atoms with Crippen LogP contribution in [0.4, 0.5) is 5.13 Å². The molecule has 1 saturated carbocycles. The molecule has 0 aliphatic heterocycles. The number of anilines is 1. The Morgan fingerprint density at radius 3 is 2.73 bits per heavy atom. The summed E-state index contributed by atoms with van der Waals surface area (Å²) in [6, 6.07) is 8.58. The number of nitrogens with one attached hydrogen (secondary N) is 1. The van der Waals surface area contributed by atoms with Crippen LogP contribution in [0.15, 0.2) is 28.6 Å². The Hall–Kier alpha value is -1.73. The second-order valence-corrected chi connectivity index (χ2v) is 7.52. The molecule has 1 N–H and O–H groups in total. The molecule has 2 heterocycles. The van der Waals surface area contributed by atoms with Gasteiger partial charge in [-0.2, -0.15) is 0 Å². The molecule has 0 amide bonds. The topological polar surface area (TPSA) is 63.6 Å². The Morgan fingerprint density at radius 1 is 1.18 bits per heavy atom. The number of rotatable bonds is 5. The number of aryl methyl sites for hydroxylation is 1. The Balaban J connectivity index is 1.48. The van der Waals surface area contributed by atoms with Crippen molar-refractivity contribution in [3.63, 3.8) is 0 Å². The van der Waals surface area contributed by atoms with Crippen LogP contribution in [0, 0.1) is 6.92 Å². The first-order valence-corrected chi connectivity index (χ1v) is 9.03. The van der Waals surface area contributed by atoms with E-state index in [-0.39, 0.29) is 0 Å². The summed E-state index contributed by atoms with van der Waals surface area (Å²) in [7, 11) is 0. The lowest BCUT2D eigenvalue weighted by Crippen LogP contribution is -1.99. The molecular weight excluding hydrogens is 314 g/mol. The van der Waals surface area contributed by atoms with Crippen LogP contribution >= 0.6 is 23.1 Å². The molecule has 0 radical (unpaired) electrons. The van der Waals surface area contributed by atoms with E-state index in [4.69, 9.17) is 4.98 Å². The van der Waals surface area contributed by atoms with Crippen LogP contribution in [-0.4, -0.2) is 26.2 Å². The number of aromatic nitrogens is 4. The van der Waals surface area contributed by atoms with E-state index in [1.165, 1.54) is 12.8 Å². The van der Waals surface area contributed by atoms with Crippen LogP contribution in [-0.2, 0) is 5.75 Å². The maximum absolute atomic E-state index is 4.71. The zero-order chi connectivity index (χ0) is 14.9. The minimum Gasteiger partial charge on any atom is -0.357 e. The molecule has 1 aliphatic rings. The highest BCUT2D eigenvalue weighted by Crippen LogP contribution is 2.31. The van der Waals surface area contributed by atoms with Crippen molar-refractivity contribution in [2.45, 2.75) is 35.9 Å². The third kappa shape index (κ3) is 3.05. The lowest BCUT2D eigenvalue weighted by atomic mass is 10.2. The standard InChI is InChI=1S/C15H15N5S2/c1-9-13(18-12-5-3-2-4-11(12)16-9)8-21-15-20-19-14(22-15)17-10-6-7-10/h2-5,10H,6-8H2,1H3,(H,17,19). The lowest BCUT2D eigenvalue weighted by Gasteiger charge is -2.05. The predicted molar refractivity (Wildman–Crippen MR) is 90.4 cm³/mol.